The number of aromatic hydroxyl groups is 3. The van der Waals surface area contributed by atoms with Crippen LogP contribution in [0.15, 0.2) is 97.1 Å². The second-order valence-corrected chi connectivity index (χ2v) is 9.99. The van der Waals surface area contributed by atoms with E-state index in [1.54, 1.807) is 18.2 Å². The highest BCUT2D eigenvalue weighted by molar-refractivity contribution is 5.68. The normalized spacial score (nSPS) is 10.1. The number of rotatable bonds is 7. The molecule has 0 aliphatic carbocycles. The fraction of sp³-hybridized carbons (Fsp3) is 0.294. The Morgan fingerprint density at radius 2 is 1.02 bits per heavy atom. The molecule has 0 fully saturated rings. The van der Waals surface area contributed by atoms with Gasteiger partial charge in [0.15, 0.2) is 0 Å². The van der Waals surface area contributed by atoms with Gasteiger partial charge in [0.25, 0.3) is 0 Å². The number of anilines is 4. The Morgan fingerprint density at radius 3 is 1.45 bits per heavy atom. The number of para-hydroxylation sites is 6. The highest BCUT2D eigenvalue weighted by Crippen LogP contribution is 2.31. The standard InChI is InChI=1S/C14H15NO.2C10H15NO/c1-11-7-9-12(10-8-11)15(2)13-5-3-4-6-14(13)16;1-8(2)11(3)9-6-4-5-7-10(9)12;1-3-8-11(2)9-6-4-5-7-10(9)12/h3-10,16H,1-2H3;4-8,12H,1-3H3;4-7,12H,3,8H2,1-2H3. The molecule has 0 unspecified atom stereocenters. The smallest absolute Gasteiger partial charge is 0.139 e. The summed E-state index contributed by atoms with van der Waals surface area (Å²) in [5, 5.41) is 28.7. The molecule has 0 aliphatic rings. The summed E-state index contributed by atoms with van der Waals surface area (Å²) < 4.78 is 0. The van der Waals surface area contributed by atoms with Crippen molar-refractivity contribution in [3.63, 3.8) is 0 Å². The lowest BCUT2D eigenvalue weighted by atomic mass is 10.2. The van der Waals surface area contributed by atoms with E-state index in [1.807, 2.05) is 97.7 Å². The van der Waals surface area contributed by atoms with Gasteiger partial charge in [-0.3, -0.25) is 0 Å². The molecule has 6 heteroatoms. The third-order valence-electron chi connectivity index (χ3n) is 6.55. The van der Waals surface area contributed by atoms with E-state index in [0.29, 0.717) is 23.3 Å². The molecule has 0 aromatic heterocycles. The maximum Gasteiger partial charge on any atom is 0.139 e. The van der Waals surface area contributed by atoms with Crippen LogP contribution in [-0.2, 0) is 0 Å². The molecular formula is C34H45N3O3. The summed E-state index contributed by atoms with van der Waals surface area (Å²) in [4.78, 5) is 6.06. The van der Waals surface area contributed by atoms with Gasteiger partial charge in [0, 0.05) is 39.4 Å². The number of nitrogens with zero attached hydrogens (tertiary/aromatic N) is 3. The molecule has 0 saturated carbocycles. The molecule has 3 N–H and O–H groups in total. The molecule has 0 radical (unpaired) electrons. The predicted octanol–water partition coefficient (Wildman–Crippen LogP) is 7.94. The second kappa shape index (κ2) is 15.9. The van der Waals surface area contributed by atoms with Crippen LogP contribution < -0.4 is 14.7 Å². The van der Waals surface area contributed by atoms with E-state index in [4.69, 9.17) is 0 Å². The maximum atomic E-state index is 9.76. The molecule has 0 heterocycles. The fourth-order valence-electron chi connectivity index (χ4n) is 3.94. The van der Waals surface area contributed by atoms with Crippen LogP contribution in [0.2, 0.25) is 0 Å². The number of benzene rings is 4. The molecule has 214 valence electrons. The number of hydrogen-bond acceptors (Lipinski definition) is 6. The zero-order valence-electron chi connectivity index (χ0n) is 24.9. The third kappa shape index (κ3) is 9.45. The van der Waals surface area contributed by atoms with Crippen molar-refractivity contribution in [2.75, 3.05) is 42.4 Å². The van der Waals surface area contributed by atoms with Crippen LogP contribution >= 0.6 is 0 Å². The first-order chi connectivity index (χ1) is 19.1. The molecule has 40 heavy (non-hydrogen) atoms. The molecular weight excluding hydrogens is 498 g/mol. The molecule has 0 spiro atoms. The van der Waals surface area contributed by atoms with Gasteiger partial charge in [-0.1, -0.05) is 61.0 Å². The third-order valence-corrected chi connectivity index (χ3v) is 6.55. The largest absolute Gasteiger partial charge is 0.506 e. The number of hydrogen-bond donors (Lipinski definition) is 3. The average molecular weight is 544 g/mol. The molecule has 0 bridgehead atoms. The van der Waals surface area contributed by atoms with E-state index >= 15 is 0 Å². The zero-order valence-corrected chi connectivity index (χ0v) is 24.9. The Balaban J connectivity index is 0.000000214. The lowest BCUT2D eigenvalue weighted by Crippen LogP contribution is -2.25. The molecule has 4 rings (SSSR count). The van der Waals surface area contributed by atoms with Crippen LogP contribution in [0.5, 0.6) is 17.2 Å². The van der Waals surface area contributed by atoms with Crippen LogP contribution in [-0.4, -0.2) is 49.0 Å². The van der Waals surface area contributed by atoms with Crippen molar-refractivity contribution >= 4 is 22.7 Å². The van der Waals surface area contributed by atoms with Crippen molar-refractivity contribution in [2.24, 2.45) is 0 Å². The number of phenols is 3. The van der Waals surface area contributed by atoms with Crippen molar-refractivity contribution in [3.8, 4) is 17.2 Å². The molecule has 0 atom stereocenters. The van der Waals surface area contributed by atoms with Crippen LogP contribution in [0, 0.1) is 6.92 Å². The Kier molecular flexibility index (Phi) is 12.7. The maximum absolute atomic E-state index is 9.76. The summed E-state index contributed by atoms with van der Waals surface area (Å²) in [7, 11) is 5.90. The van der Waals surface area contributed by atoms with E-state index in [2.05, 4.69) is 44.7 Å². The minimum Gasteiger partial charge on any atom is -0.506 e. The summed E-state index contributed by atoms with van der Waals surface area (Å²) in [5.41, 5.74) is 4.89. The SMILES string of the molecule is CC(C)N(C)c1ccccc1O.CCCN(C)c1ccccc1O.Cc1ccc(N(C)c2ccccc2O)cc1. The fourth-order valence-corrected chi connectivity index (χ4v) is 3.94. The van der Waals surface area contributed by atoms with Gasteiger partial charge < -0.3 is 30.0 Å². The lowest BCUT2D eigenvalue weighted by molar-refractivity contribution is 0.473. The molecule has 6 nitrogen and oxygen atoms in total. The van der Waals surface area contributed by atoms with Gasteiger partial charge in [0.2, 0.25) is 0 Å². The number of aryl methyl sites for hydroxylation is 1. The van der Waals surface area contributed by atoms with Gasteiger partial charge in [0.05, 0.1) is 17.1 Å². The quantitative estimate of drug-likeness (QED) is 0.220. The van der Waals surface area contributed by atoms with Crippen molar-refractivity contribution in [3.05, 3.63) is 103 Å². The van der Waals surface area contributed by atoms with E-state index in [9.17, 15) is 15.3 Å². The summed E-state index contributed by atoms with van der Waals surface area (Å²) in [6, 6.07) is 30.7. The highest BCUT2D eigenvalue weighted by Gasteiger charge is 2.08. The zero-order chi connectivity index (χ0) is 29.7. The monoisotopic (exact) mass is 543 g/mol. The van der Waals surface area contributed by atoms with Crippen LogP contribution in [0.4, 0.5) is 22.7 Å². The van der Waals surface area contributed by atoms with Gasteiger partial charge in [-0.05, 0) is 75.7 Å². The molecule has 4 aromatic carbocycles. The molecule has 0 aliphatic heterocycles. The van der Waals surface area contributed by atoms with Gasteiger partial charge in [-0.2, -0.15) is 0 Å². The van der Waals surface area contributed by atoms with Crippen LogP contribution in [0.3, 0.4) is 0 Å². The van der Waals surface area contributed by atoms with Crippen molar-refractivity contribution in [1.82, 2.24) is 0 Å². The first-order valence-electron chi connectivity index (χ1n) is 13.6. The Bertz CT molecular complexity index is 1290. The molecule has 0 saturated heterocycles. The summed E-state index contributed by atoms with van der Waals surface area (Å²) in [5.74, 6) is 0.993. The number of phenolic OH excluding ortho intramolecular Hbond substituents is 3. The Hall–Kier alpha value is -4.32. The lowest BCUT2D eigenvalue weighted by Gasteiger charge is -2.24. The van der Waals surface area contributed by atoms with Crippen LogP contribution in [0.25, 0.3) is 0 Å². The van der Waals surface area contributed by atoms with E-state index in [-0.39, 0.29) is 0 Å². The summed E-state index contributed by atoms with van der Waals surface area (Å²) in [6.45, 7) is 9.33. The highest BCUT2D eigenvalue weighted by atomic mass is 16.3. The van der Waals surface area contributed by atoms with Gasteiger partial charge in [0.1, 0.15) is 17.2 Å². The summed E-state index contributed by atoms with van der Waals surface area (Å²) in [6.07, 6.45) is 1.09. The minimum absolute atomic E-state index is 0.297. The topological polar surface area (TPSA) is 70.4 Å². The van der Waals surface area contributed by atoms with Gasteiger partial charge in [-0.15, -0.1) is 0 Å². The van der Waals surface area contributed by atoms with E-state index in [1.165, 1.54) is 5.56 Å². The van der Waals surface area contributed by atoms with Gasteiger partial charge in [-0.25, -0.2) is 0 Å². The second-order valence-electron chi connectivity index (χ2n) is 9.99. The van der Waals surface area contributed by atoms with Crippen molar-refractivity contribution in [2.45, 2.75) is 40.2 Å². The first-order valence-corrected chi connectivity index (χ1v) is 13.6. The predicted molar refractivity (Wildman–Crippen MR) is 171 cm³/mol. The Morgan fingerprint density at radius 1 is 0.600 bits per heavy atom. The summed E-state index contributed by atoms with van der Waals surface area (Å²) >= 11 is 0. The average Bonchev–Trinajstić information content (AvgIpc) is 2.94. The van der Waals surface area contributed by atoms with Gasteiger partial charge >= 0.3 is 0 Å². The minimum atomic E-state index is 0.297. The van der Waals surface area contributed by atoms with E-state index in [0.717, 1.165) is 35.7 Å². The first kappa shape index (κ1) is 31.9. The van der Waals surface area contributed by atoms with Crippen molar-refractivity contribution in [1.29, 1.82) is 0 Å². The Labute approximate surface area is 240 Å². The van der Waals surface area contributed by atoms with E-state index < -0.39 is 0 Å². The van der Waals surface area contributed by atoms with Crippen molar-refractivity contribution < 1.29 is 15.3 Å². The molecule has 0 amide bonds. The van der Waals surface area contributed by atoms with Crippen LogP contribution in [0.1, 0.15) is 32.8 Å². The molecule has 4 aromatic rings.